The Kier molecular flexibility index (Phi) is 3.90. The van der Waals surface area contributed by atoms with Gasteiger partial charge in [0.2, 0.25) is 0 Å². The zero-order valence-electron chi connectivity index (χ0n) is 10.4. The zero-order valence-corrected chi connectivity index (χ0v) is 11.2. The molecule has 0 heterocycles. The van der Waals surface area contributed by atoms with Crippen molar-refractivity contribution in [3.63, 3.8) is 0 Å². The van der Waals surface area contributed by atoms with Gasteiger partial charge in [-0.1, -0.05) is 12.1 Å². The van der Waals surface area contributed by atoms with Gasteiger partial charge in [-0.3, -0.25) is 4.72 Å². The topological polar surface area (TPSA) is 83.5 Å². The Hall–Kier alpha value is -2.48. The van der Waals surface area contributed by atoms with Crippen molar-refractivity contribution < 1.29 is 27.1 Å². The molecule has 21 heavy (non-hydrogen) atoms. The SMILES string of the molecule is O=C(O)c1ccccc1NS(=O)(=O)c1ccc(F)cc1F. The monoisotopic (exact) mass is 313 g/mol. The highest BCUT2D eigenvalue weighted by Crippen LogP contribution is 2.22. The summed E-state index contributed by atoms with van der Waals surface area (Å²) in [7, 11) is -4.37. The van der Waals surface area contributed by atoms with Crippen LogP contribution in [0.15, 0.2) is 47.4 Å². The molecule has 0 aromatic heterocycles. The van der Waals surface area contributed by atoms with Crippen LogP contribution >= 0.6 is 0 Å². The van der Waals surface area contributed by atoms with Gasteiger partial charge in [0.05, 0.1) is 11.3 Å². The van der Waals surface area contributed by atoms with Crippen molar-refractivity contribution >= 4 is 21.7 Å². The summed E-state index contributed by atoms with van der Waals surface area (Å²) in [5.74, 6) is -3.53. The summed E-state index contributed by atoms with van der Waals surface area (Å²) in [6.45, 7) is 0. The van der Waals surface area contributed by atoms with Gasteiger partial charge in [0.25, 0.3) is 10.0 Å². The lowest BCUT2D eigenvalue weighted by atomic mass is 10.2. The van der Waals surface area contributed by atoms with Gasteiger partial charge < -0.3 is 5.11 Å². The summed E-state index contributed by atoms with van der Waals surface area (Å²) >= 11 is 0. The maximum atomic E-state index is 13.5. The second-order valence-corrected chi connectivity index (χ2v) is 5.68. The van der Waals surface area contributed by atoms with Crippen LogP contribution in [-0.4, -0.2) is 19.5 Å². The van der Waals surface area contributed by atoms with Crippen LogP contribution in [0.2, 0.25) is 0 Å². The summed E-state index contributed by atoms with van der Waals surface area (Å²) in [6.07, 6.45) is 0. The number of carbonyl (C=O) groups is 1. The Morgan fingerprint density at radius 3 is 2.38 bits per heavy atom. The fraction of sp³-hybridized carbons (Fsp3) is 0. The highest BCUT2D eigenvalue weighted by Gasteiger charge is 2.22. The molecule has 0 aliphatic heterocycles. The standard InChI is InChI=1S/C13H9F2NO4S/c14-8-5-6-12(10(15)7-8)21(19,20)16-11-4-2-1-3-9(11)13(17)18/h1-7,16H,(H,17,18). The number of carboxylic acid groups (broad SMARTS) is 1. The molecule has 8 heteroatoms. The third-order valence-electron chi connectivity index (χ3n) is 2.59. The zero-order chi connectivity index (χ0) is 15.6. The molecule has 0 radical (unpaired) electrons. The van der Waals surface area contributed by atoms with E-state index in [1.54, 1.807) is 0 Å². The molecule has 0 unspecified atom stereocenters. The Morgan fingerprint density at radius 1 is 1.10 bits per heavy atom. The number of hydrogen-bond donors (Lipinski definition) is 2. The number of anilines is 1. The number of para-hydroxylation sites is 1. The minimum Gasteiger partial charge on any atom is -0.478 e. The van der Waals surface area contributed by atoms with E-state index in [9.17, 15) is 22.0 Å². The Balaban J connectivity index is 2.45. The summed E-state index contributed by atoms with van der Waals surface area (Å²) in [6, 6.07) is 7.24. The molecule has 2 rings (SSSR count). The number of carboxylic acids is 1. The molecule has 2 N–H and O–H groups in total. The van der Waals surface area contributed by atoms with Gasteiger partial charge >= 0.3 is 5.97 Å². The normalized spacial score (nSPS) is 11.1. The number of hydrogen-bond acceptors (Lipinski definition) is 3. The van der Waals surface area contributed by atoms with Gasteiger partial charge in [0.15, 0.2) is 0 Å². The van der Waals surface area contributed by atoms with Gasteiger partial charge in [-0.15, -0.1) is 0 Å². The van der Waals surface area contributed by atoms with Gasteiger partial charge in [-0.25, -0.2) is 22.0 Å². The van der Waals surface area contributed by atoms with E-state index in [4.69, 9.17) is 5.11 Å². The average molecular weight is 313 g/mol. The first-order valence-corrected chi connectivity index (χ1v) is 7.10. The molecule has 0 aliphatic carbocycles. The molecule has 0 saturated heterocycles. The first-order chi connectivity index (χ1) is 9.81. The van der Waals surface area contributed by atoms with Crippen LogP contribution in [0.4, 0.5) is 14.5 Å². The number of halogens is 2. The highest BCUT2D eigenvalue weighted by molar-refractivity contribution is 7.92. The molecular weight excluding hydrogens is 304 g/mol. The largest absolute Gasteiger partial charge is 0.478 e. The van der Waals surface area contributed by atoms with E-state index in [0.717, 1.165) is 12.1 Å². The lowest BCUT2D eigenvalue weighted by molar-refractivity contribution is 0.0698. The van der Waals surface area contributed by atoms with E-state index < -0.39 is 32.5 Å². The molecule has 5 nitrogen and oxygen atoms in total. The Morgan fingerprint density at radius 2 is 1.76 bits per heavy atom. The number of aromatic carboxylic acids is 1. The lowest BCUT2D eigenvalue weighted by Crippen LogP contribution is -2.17. The van der Waals surface area contributed by atoms with Crippen LogP contribution < -0.4 is 4.72 Å². The number of nitrogens with one attached hydrogen (secondary N) is 1. The third-order valence-corrected chi connectivity index (χ3v) is 3.98. The first kappa shape index (κ1) is 14.9. The number of rotatable bonds is 4. The van der Waals surface area contributed by atoms with E-state index in [0.29, 0.717) is 6.07 Å². The number of benzene rings is 2. The molecule has 0 saturated carbocycles. The van der Waals surface area contributed by atoms with Gasteiger partial charge in [0.1, 0.15) is 16.5 Å². The van der Waals surface area contributed by atoms with Crippen LogP contribution in [-0.2, 0) is 10.0 Å². The molecule has 2 aromatic carbocycles. The predicted octanol–water partition coefficient (Wildman–Crippen LogP) is 2.46. The van der Waals surface area contributed by atoms with Gasteiger partial charge in [-0.2, -0.15) is 0 Å². The average Bonchev–Trinajstić information content (AvgIpc) is 2.37. The molecule has 0 amide bonds. The van der Waals surface area contributed by atoms with E-state index in [2.05, 4.69) is 0 Å². The van der Waals surface area contributed by atoms with E-state index in [1.807, 2.05) is 4.72 Å². The molecule has 0 bridgehead atoms. The Bertz CT molecular complexity index is 806. The summed E-state index contributed by atoms with van der Waals surface area (Å²) < 4.78 is 52.4. The van der Waals surface area contributed by atoms with Crippen LogP contribution in [0.3, 0.4) is 0 Å². The molecule has 2 aromatic rings. The molecule has 0 atom stereocenters. The van der Waals surface area contributed by atoms with Crippen molar-refractivity contribution in [3.8, 4) is 0 Å². The molecule has 110 valence electrons. The Labute approximate surface area is 118 Å². The first-order valence-electron chi connectivity index (χ1n) is 5.61. The molecule has 0 spiro atoms. The highest BCUT2D eigenvalue weighted by atomic mass is 32.2. The fourth-order valence-corrected chi connectivity index (χ4v) is 2.79. The number of sulfonamides is 1. The summed E-state index contributed by atoms with van der Waals surface area (Å²) in [5.41, 5.74) is -0.502. The van der Waals surface area contributed by atoms with Crippen LogP contribution in [0.25, 0.3) is 0 Å². The van der Waals surface area contributed by atoms with Crippen LogP contribution in [0.1, 0.15) is 10.4 Å². The van der Waals surface area contributed by atoms with Crippen molar-refractivity contribution in [2.24, 2.45) is 0 Å². The molecule has 0 fully saturated rings. The quantitative estimate of drug-likeness (QED) is 0.908. The molecule has 0 aliphatic rings. The van der Waals surface area contributed by atoms with Crippen molar-refractivity contribution in [2.75, 3.05) is 4.72 Å². The second kappa shape index (κ2) is 5.49. The van der Waals surface area contributed by atoms with Gasteiger partial charge in [-0.05, 0) is 24.3 Å². The predicted molar refractivity (Wildman–Crippen MR) is 70.6 cm³/mol. The maximum Gasteiger partial charge on any atom is 0.337 e. The van der Waals surface area contributed by atoms with E-state index in [-0.39, 0.29) is 11.3 Å². The van der Waals surface area contributed by atoms with Crippen molar-refractivity contribution in [1.29, 1.82) is 0 Å². The second-order valence-electron chi connectivity index (χ2n) is 4.03. The third kappa shape index (κ3) is 3.16. The van der Waals surface area contributed by atoms with Crippen molar-refractivity contribution in [2.45, 2.75) is 4.90 Å². The minimum atomic E-state index is -4.37. The molecular formula is C13H9F2NO4S. The fourth-order valence-electron chi connectivity index (χ4n) is 1.65. The maximum absolute atomic E-state index is 13.5. The minimum absolute atomic E-state index is 0.214. The summed E-state index contributed by atoms with van der Waals surface area (Å²) in [5, 5.41) is 8.97. The smallest absolute Gasteiger partial charge is 0.337 e. The lowest BCUT2D eigenvalue weighted by Gasteiger charge is -2.11. The van der Waals surface area contributed by atoms with E-state index in [1.165, 1.54) is 24.3 Å². The van der Waals surface area contributed by atoms with E-state index >= 15 is 0 Å². The van der Waals surface area contributed by atoms with Crippen LogP contribution in [0, 0.1) is 11.6 Å². The van der Waals surface area contributed by atoms with Gasteiger partial charge in [0, 0.05) is 6.07 Å². The van der Waals surface area contributed by atoms with Crippen LogP contribution in [0.5, 0.6) is 0 Å². The van der Waals surface area contributed by atoms with Crippen molar-refractivity contribution in [1.82, 2.24) is 0 Å². The summed E-state index contributed by atoms with van der Waals surface area (Å²) in [4.78, 5) is 10.2. The van der Waals surface area contributed by atoms with Crippen molar-refractivity contribution in [3.05, 3.63) is 59.7 Å².